The van der Waals surface area contributed by atoms with Crippen LogP contribution in [0.1, 0.15) is 39.2 Å². The predicted molar refractivity (Wildman–Crippen MR) is 106 cm³/mol. The molecule has 10 heteroatoms. The van der Waals surface area contributed by atoms with Crippen LogP contribution in [-0.4, -0.2) is 36.5 Å². The van der Waals surface area contributed by atoms with E-state index in [1.165, 1.54) is 6.26 Å². The molecule has 0 saturated heterocycles. The van der Waals surface area contributed by atoms with Crippen molar-refractivity contribution in [1.82, 2.24) is 9.97 Å². The second kappa shape index (κ2) is 8.29. The van der Waals surface area contributed by atoms with Gasteiger partial charge in [0.15, 0.2) is 0 Å². The van der Waals surface area contributed by atoms with Crippen LogP contribution in [0.25, 0.3) is 21.2 Å². The number of hydrogen-bond acceptors (Lipinski definition) is 6. The Hall–Kier alpha value is -2.09. The van der Waals surface area contributed by atoms with Crippen molar-refractivity contribution in [3.8, 4) is 5.88 Å². The molecule has 146 valence electrons. The standard InChI is InChI=1S/C17H22ClN5O3S/c1-5-17(3,22-23-19)14-10-21-16(13-9-20-15(18)8-12(13)14)26-11(2)6-7-27(4,24)25/h8-11H,5-7H2,1-4H3/t11-,17+/m0/s1. The minimum atomic E-state index is -3.07. The van der Waals surface area contributed by atoms with Gasteiger partial charge in [-0.25, -0.2) is 18.4 Å². The lowest BCUT2D eigenvalue weighted by Crippen LogP contribution is -2.20. The molecule has 2 atom stereocenters. The van der Waals surface area contributed by atoms with Gasteiger partial charge in [0.05, 0.1) is 22.8 Å². The van der Waals surface area contributed by atoms with Crippen molar-refractivity contribution in [1.29, 1.82) is 0 Å². The number of aromatic nitrogens is 2. The Balaban J connectivity index is 2.49. The quantitative estimate of drug-likeness (QED) is 0.275. The van der Waals surface area contributed by atoms with Crippen LogP contribution in [0.2, 0.25) is 5.15 Å². The second-order valence-corrected chi connectivity index (χ2v) is 9.34. The summed E-state index contributed by atoms with van der Waals surface area (Å²) in [5, 5.41) is 5.59. The number of hydrogen-bond donors (Lipinski definition) is 0. The van der Waals surface area contributed by atoms with Crippen molar-refractivity contribution in [2.24, 2.45) is 5.11 Å². The van der Waals surface area contributed by atoms with Crippen molar-refractivity contribution in [2.45, 2.75) is 45.3 Å². The van der Waals surface area contributed by atoms with Crippen molar-refractivity contribution in [3.63, 3.8) is 0 Å². The van der Waals surface area contributed by atoms with Crippen LogP contribution in [0.5, 0.6) is 5.88 Å². The van der Waals surface area contributed by atoms with Gasteiger partial charge in [0.25, 0.3) is 0 Å². The third-order valence-electron chi connectivity index (χ3n) is 4.44. The van der Waals surface area contributed by atoms with E-state index in [0.717, 1.165) is 10.9 Å². The lowest BCUT2D eigenvalue weighted by atomic mass is 9.88. The van der Waals surface area contributed by atoms with Gasteiger partial charge in [-0.3, -0.25) is 0 Å². The molecule has 0 spiro atoms. The summed E-state index contributed by atoms with van der Waals surface area (Å²) in [5.41, 5.74) is 8.87. The Bertz CT molecular complexity index is 991. The molecule has 0 saturated carbocycles. The van der Waals surface area contributed by atoms with E-state index in [-0.39, 0.29) is 11.9 Å². The molecule has 2 rings (SSSR count). The van der Waals surface area contributed by atoms with Gasteiger partial charge in [-0.1, -0.05) is 23.6 Å². The van der Waals surface area contributed by atoms with Crippen molar-refractivity contribution in [2.75, 3.05) is 12.0 Å². The smallest absolute Gasteiger partial charge is 0.223 e. The summed E-state index contributed by atoms with van der Waals surface area (Å²) in [6.45, 7) is 5.53. The molecule has 0 aliphatic heterocycles. The molecular weight excluding hydrogens is 390 g/mol. The highest BCUT2D eigenvalue weighted by Gasteiger charge is 2.27. The normalized spacial score (nSPS) is 15.0. The van der Waals surface area contributed by atoms with Crippen LogP contribution in [0.4, 0.5) is 0 Å². The molecule has 0 unspecified atom stereocenters. The van der Waals surface area contributed by atoms with E-state index >= 15 is 0 Å². The summed E-state index contributed by atoms with van der Waals surface area (Å²) in [6.07, 6.45) is 4.91. The van der Waals surface area contributed by atoms with E-state index in [9.17, 15) is 8.42 Å². The average Bonchev–Trinajstić information content (AvgIpc) is 2.59. The first-order valence-electron chi connectivity index (χ1n) is 8.45. The summed E-state index contributed by atoms with van der Waals surface area (Å²) in [7, 11) is -3.07. The molecule has 2 aromatic heterocycles. The third kappa shape index (κ3) is 5.22. The Morgan fingerprint density at radius 1 is 1.37 bits per heavy atom. The Morgan fingerprint density at radius 3 is 2.67 bits per heavy atom. The number of rotatable bonds is 8. The molecular formula is C17H22ClN5O3S. The average molecular weight is 412 g/mol. The molecule has 8 nitrogen and oxygen atoms in total. The summed E-state index contributed by atoms with van der Waals surface area (Å²) < 4.78 is 28.6. The Labute approximate surface area is 163 Å². The lowest BCUT2D eigenvalue weighted by Gasteiger charge is -2.25. The molecule has 0 amide bonds. The fraction of sp³-hybridized carbons (Fsp3) is 0.529. The van der Waals surface area contributed by atoms with Crippen LogP contribution in [0.15, 0.2) is 23.6 Å². The highest BCUT2D eigenvalue weighted by atomic mass is 35.5. The zero-order chi connectivity index (χ0) is 20.2. The maximum Gasteiger partial charge on any atom is 0.223 e. The van der Waals surface area contributed by atoms with E-state index in [0.29, 0.717) is 29.3 Å². The maximum absolute atomic E-state index is 11.4. The minimum Gasteiger partial charge on any atom is -0.474 e. The molecule has 0 N–H and O–H groups in total. The number of pyridine rings is 2. The van der Waals surface area contributed by atoms with E-state index in [1.54, 1.807) is 25.4 Å². The maximum atomic E-state index is 11.4. The second-order valence-electron chi connectivity index (χ2n) is 6.69. The number of halogens is 1. The van der Waals surface area contributed by atoms with Crippen molar-refractivity contribution < 1.29 is 13.2 Å². The number of azide groups is 1. The van der Waals surface area contributed by atoms with Crippen LogP contribution < -0.4 is 4.74 Å². The molecule has 2 aromatic rings. The van der Waals surface area contributed by atoms with Gasteiger partial charge in [0.2, 0.25) is 5.88 Å². The molecule has 0 aromatic carbocycles. The summed E-state index contributed by atoms with van der Waals surface area (Å²) in [5.74, 6) is 0.359. The fourth-order valence-electron chi connectivity index (χ4n) is 2.65. The zero-order valence-electron chi connectivity index (χ0n) is 15.7. The Kier molecular flexibility index (Phi) is 6.51. The number of nitrogens with zero attached hydrogens (tertiary/aromatic N) is 5. The van der Waals surface area contributed by atoms with Gasteiger partial charge >= 0.3 is 0 Å². The SMILES string of the molecule is CC[C@@](C)(N=[N+]=[N-])c1cnc(O[C@@H](C)CCS(C)(=O)=O)c2cnc(Cl)cc12. The largest absolute Gasteiger partial charge is 0.474 e. The Morgan fingerprint density at radius 2 is 2.07 bits per heavy atom. The molecule has 0 bridgehead atoms. The molecule has 0 aliphatic rings. The predicted octanol–water partition coefficient (Wildman–Crippen LogP) is 4.42. The molecule has 0 radical (unpaired) electrons. The van der Waals surface area contributed by atoms with E-state index in [2.05, 4.69) is 20.0 Å². The fourth-order valence-corrected chi connectivity index (χ4v) is 3.57. The van der Waals surface area contributed by atoms with Crippen molar-refractivity contribution in [3.05, 3.63) is 39.6 Å². The van der Waals surface area contributed by atoms with Gasteiger partial charge in [0, 0.05) is 23.6 Å². The van der Waals surface area contributed by atoms with Gasteiger partial charge < -0.3 is 4.74 Å². The van der Waals surface area contributed by atoms with Crippen LogP contribution in [-0.2, 0) is 15.4 Å². The van der Waals surface area contributed by atoms with Crippen molar-refractivity contribution >= 4 is 32.2 Å². The summed E-state index contributed by atoms with van der Waals surface area (Å²) in [4.78, 5) is 11.4. The van der Waals surface area contributed by atoms with E-state index < -0.39 is 15.4 Å². The van der Waals surface area contributed by atoms with Gasteiger partial charge in [-0.05, 0) is 49.2 Å². The monoisotopic (exact) mass is 411 g/mol. The van der Waals surface area contributed by atoms with E-state index in [1.807, 2.05) is 13.8 Å². The van der Waals surface area contributed by atoms with Crippen LogP contribution >= 0.6 is 11.6 Å². The van der Waals surface area contributed by atoms with Gasteiger partial charge in [0.1, 0.15) is 15.0 Å². The highest BCUT2D eigenvalue weighted by Crippen LogP contribution is 2.37. The van der Waals surface area contributed by atoms with Gasteiger partial charge in [-0.2, -0.15) is 0 Å². The molecule has 0 fully saturated rings. The van der Waals surface area contributed by atoms with Crippen LogP contribution in [0.3, 0.4) is 0 Å². The third-order valence-corrected chi connectivity index (χ3v) is 5.63. The van der Waals surface area contributed by atoms with E-state index in [4.69, 9.17) is 21.9 Å². The topological polar surface area (TPSA) is 118 Å². The number of fused-ring (bicyclic) bond motifs is 1. The summed E-state index contributed by atoms with van der Waals surface area (Å²) in [6, 6.07) is 1.68. The molecule has 2 heterocycles. The first-order chi connectivity index (χ1) is 12.6. The first-order valence-corrected chi connectivity index (χ1v) is 10.9. The zero-order valence-corrected chi connectivity index (χ0v) is 17.3. The highest BCUT2D eigenvalue weighted by molar-refractivity contribution is 7.90. The first kappa shape index (κ1) is 21.2. The number of sulfone groups is 1. The molecule has 27 heavy (non-hydrogen) atoms. The lowest BCUT2D eigenvalue weighted by molar-refractivity contribution is 0.212. The number of ether oxygens (including phenoxy) is 1. The van der Waals surface area contributed by atoms with Gasteiger partial charge in [-0.15, -0.1) is 0 Å². The molecule has 0 aliphatic carbocycles. The summed E-state index contributed by atoms with van der Waals surface area (Å²) >= 11 is 6.08. The van der Waals surface area contributed by atoms with Crippen LogP contribution in [0, 0.1) is 0 Å². The minimum absolute atomic E-state index is 0.0268.